The van der Waals surface area contributed by atoms with Gasteiger partial charge in [-0.2, -0.15) is 0 Å². The number of benzene rings is 1. The second-order valence-corrected chi connectivity index (χ2v) is 6.12. The van der Waals surface area contributed by atoms with E-state index in [2.05, 4.69) is 4.98 Å². The van der Waals surface area contributed by atoms with Gasteiger partial charge >= 0.3 is 0 Å². The third kappa shape index (κ3) is 2.50. The number of piperidine rings is 1. The van der Waals surface area contributed by atoms with Gasteiger partial charge in [0.25, 0.3) is 5.91 Å². The number of nitrogens with zero attached hydrogens (tertiary/aromatic N) is 2. The molecule has 2 aromatic rings. The van der Waals surface area contributed by atoms with Crippen molar-refractivity contribution in [3.8, 4) is 0 Å². The summed E-state index contributed by atoms with van der Waals surface area (Å²) in [5.41, 5.74) is 1.76. The van der Waals surface area contributed by atoms with Gasteiger partial charge in [-0.25, -0.2) is 4.98 Å². The molecule has 0 aliphatic carbocycles. The van der Waals surface area contributed by atoms with Gasteiger partial charge in [0, 0.05) is 25.6 Å². The van der Waals surface area contributed by atoms with E-state index in [0.717, 1.165) is 62.4 Å². The minimum Gasteiger partial charge on any atom is -0.440 e. The molecule has 2 aliphatic heterocycles. The van der Waals surface area contributed by atoms with Crippen LogP contribution in [-0.2, 0) is 9.53 Å². The van der Waals surface area contributed by atoms with Crippen LogP contribution in [0.2, 0.25) is 0 Å². The summed E-state index contributed by atoms with van der Waals surface area (Å²) in [4.78, 5) is 18.9. The van der Waals surface area contributed by atoms with Crippen molar-refractivity contribution in [2.24, 2.45) is 0 Å². The van der Waals surface area contributed by atoms with Crippen LogP contribution in [0.5, 0.6) is 0 Å². The van der Waals surface area contributed by atoms with Gasteiger partial charge in [-0.3, -0.25) is 4.79 Å². The molecule has 0 saturated carbocycles. The van der Waals surface area contributed by atoms with Crippen LogP contribution in [0.1, 0.15) is 37.5 Å². The highest BCUT2D eigenvalue weighted by Crippen LogP contribution is 2.30. The number of aromatic nitrogens is 1. The first-order valence-corrected chi connectivity index (χ1v) is 8.07. The molecule has 4 rings (SSSR count). The fourth-order valence-corrected chi connectivity index (χ4v) is 3.39. The van der Waals surface area contributed by atoms with Crippen molar-refractivity contribution >= 4 is 17.0 Å². The molecule has 1 aromatic carbocycles. The van der Waals surface area contributed by atoms with E-state index in [1.807, 2.05) is 29.2 Å². The molecule has 0 radical (unpaired) electrons. The maximum absolute atomic E-state index is 12.3. The highest BCUT2D eigenvalue weighted by Gasteiger charge is 2.32. The van der Waals surface area contributed by atoms with Gasteiger partial charge in [0.1, 0.15) is 11.6 Å². The van der Waals surface area contributed by atoms with Crippen LogP contribution in [-0.4, -0.2) is 41.6 Å². The second kappa shape index (κ2) is 5.72. The smallest absolute Gasteiger partial charge is 0.251 e. The number of rotatable bonds is 2. The molecule has 1 atom stereocenters. The molecule has 1 unspecified atom stereocenters. The Morgan fingerprint density at radius 2 is 2.00 bits per heavy atom. The number of likely N-dealkylation sites (tertiary alicyclic amines) is 1. The van der Waals surface area contributed by atoms with E-state index in [1.165, 1.54) is 0 Å². The summed E-state index contributed by atoms with van der Waals surface area (Å²) < 4.78 is 11.4. The molecule has 0 spiro atoms. The van der Waals surface area contributed by atoms with Crippen molar-refractivity contribution in [2.75, 3.05) is 19.7 Å². The van der Waals surface area contributed by atoms with Gasteiger partial charge in [-0.1, -0.05) is 12.1 Å². The molecule has 1 aromatic heterocycles. The summed E-state index contributed by atoms with van der Waals surface area (Å²) in [6, 6.07) is 7.85. The van der Waals surface area contributed by atoms with E-state index in [4.69, 9.17) is 9.15 Å². The average Bonchev–Trinajstić information content (AvgIpc) is 3.23. The molecule has 2 fully saturated rings. The zero-order valence-electron chi connectivity index (χ0n) is 12.5. The molecule has 5 nitrogen and oxygen atoms in total. The number of carbonyl (C=O) groups excluding carboxylic acids is 1. The predicted molar refractivity (Wildman–Crippen MR) is 81.5 cm³/mol. The SMILES string of the molecule is O=C(C1CCCO1)N1CCC(c2nc3ccccc3o2)CC1. The summed E-state index contributed by atoms with van der Waals surface area (Å²) >= 11 is 0. The van der Waals surface area contributed by atoms with Crippen molar-refractivity contribution in [1.82, 2.24) is 9.88 Å². The van der Waals surface area contributed by atoms with E-state index < -0.39 is 0 Å². The Balaban J connectivity index is 1.41. The molecule has 2 saturated heterocycles. The lowest BCUT2D eigenvalue weighted by Gasteiger charge is -2.32. The molecule has 5 heteroatoms. The number of para-hydroxylation sites is 2. The van der Waals surface area contributed by atoms with Crippen LogP contribution in [0.4, 0.5) is 0 Å². The standard InChI is InChI=1S/C17H20N2O3/c20-17(15-6-3-11-21-15)19-9-7-12(8-10-19)16-18-13-4-1-2-5-14(13)22-16/h1-2,4-5,12,15H,3,6-11H2. The number of amides is 1. The quantitative estimate of drug-likeness (QED) is 0.855. The Kier molecular flexibility index (Phi) is 3.58. The molecular weight excluding hydrogens is 280 g/mol. The Morgan fingerprint density at radius 1 is 1.18 bits per heavy atom. The number of oxazole rings is 1. The number of carbonyl (C=O) groups is 1. The predicted octanol–water partition coefficient (Wildman–Crippen LogP) is 2.71. The van der Waals surface area contributed by atoms with Crippen LogP contribution >= 0.6 is 0 Å². The zero-order valence-corrected chi connectivity index (χ0v) is 12.5. The highest BCUT2D eigenvalue weighted by molar-refractivity contribution is 5.81. The van der Waals surface area contributed by atoms with Gasteiger partial charge in [0.2, 0.25) is 0 Å². The summed E-state index contributed by atoms with van der Waals surface area (Å²) in [5, 5.41) is 0. The van der Waals surface area contributed by atoms with Crippen LogP contribution in [0.3, 0.4) is 0 Å². The van der Waals surface area contributed by atoms with E-state index in [9.17, 15) is 4.79 Å². The van der Waals surface area contributed by atoms with E-state index in [1.54, 1.807) is 0 Å². The monoisotopic (exact) mass is 300 g/mol. The average molecular weight is 300 g/mol. The van der Waals surface area contributed by atoms with Gasteiger partial charge in [0.15, 0.2) is 11.5 Å². The Morgan fingerprint density at radius 3 is 2.73 bits per heavy atom. The maximum Gasteiger partial charge on any atom is 0.251 e. The maximum atomic E-state index is 12.3. The van der Waals surface area contributed by atoms with Crippen molar-refractivity contribution < 1.29 is 13.9 Å². The first-order valence-electron chi connectivity index (χ1n) is 8.07. The van der Waals surface area contributed by atoms with E-state index >= 15 is 0 Å². The third-order valence-electron chi connectivity index (χ3n) is 4.67. The first-order chi connectivity index (χ1) is 10.8. The van der Waals surface area contributed by atoms with Crippen molar-refractivity contribution in [1.29, 1.82) is 0 Å². The minimum absolute atomic E-state index is 0.161. The Bertz CT molecular complexity index is 634. The molecule has 116 valence electrons. The lowest BCUT2D eigenvalue weighted by Crippen LogP contribution is -2.43. The van der Waals surface area contributed by atoms with Gasteiger partial charge in [-0.15, -0.1) is 0 Å². The third-order valence-corrected chi connectivity index (χ3v) is 4.67. The summed E-state index contributed by atoms with van der Waals surface area (Å²) in [5.74, 6) is 1.28. The van der Waals surface area contributed by atoms with E-state index in [-0.39, 0.29) is 12.0 Å². The fourth-order valence-electron chi connectivity index (χ4n) is 3.39. The topological polar surface area (TPSA) is 55.6 Å². The molecule has 22 heavy (non-hydrogen) atoms. The zero-order chi connectivity index (χ0) is 14.9. The van der Waals surface area contributed by atoms with Crippen LogP contribution in [0, 0.1) is 0 Å². The Hall–Kier alpha value is -1.88. The largest absolute Gasteiger partial charge is 0.440 e. The van der Waals surface area contributed by atoms with Crippen LogP contribution < -0.4 is 0 Å². The normalized spacial score (nSPS) is 23.3. The lowest BCUT2D eigenvalue weighted by molar-refractivity contribution is -0.142. The highest BCUT2D eigenvalue weighted by atomic mass is 16.5. The Labute approximate surface area is 129 Å². The minimum atomic E-state index is -0.208. The molecule has 0 bridgehead atoms. The van der Waals surface area contributed by atoms with Gasteiger partial charge < -0.3 is 14.1 Å². The second-order valence-electron chi connectivity index (χ2n) is 6.12. The molecule has 3 heterocycles. The lowest BCUT2D eigenvalue weighted by atomic mass is 9.96. The number of ether oxygens (including phenoxy) is 1. The first kappa shape index (κ1) is 13.8. The van der Waals surface area contributed by atoms with E-state index in [0.29, 0.717) is 5.92 Å². The van der Waals surface area contributed by atoms with Gasteiger partial charge in [-0.05, 0) is 37.8 Å². The summed E-state index contributed by atoms with van der Waals surface area (Å²) in [6.45, 7) is 2.25. The van der Waals surface area contributed by atoms with Crippen LogP contribution in [0.25, 0.3) is 11.1 Å². The molecule has 1 amide bonds. The summed E-state index contributed by atoms with van der Waals surface area (Å²) in [6.07, 6.45) is 3.47. The van der Waals surface area contributed by atoms with Crippen molar-refractivity contribution in [3.63, 3.8) is 0 Å². The number of hydrogen-bond acceptors (Lipinski definition) is 4. The van der Waals surface area contributed by atoms with Crippen molar-refractivity contribution in [2.45, 2.75) is 37.7 Å². The number of fused-ring (bicyclic) bond motifs is 1. The van der Waals surface area contributed by atoms with Crippen molar-refractivity contribution in [3.05, 3.63) is 30.2 Å². The fraction of sp³-hybridized carbons (Fsp3) is 0.529. The molecule has 2 aliphatic rings. The van der Waals surface area contributed by atoms with Crippen LogP contribution in [0.15, 0.2) is 28.7 Å². The summed E-state index contributed by atoms with van der Waals surface area (Å²) in [7, 11) is 0. The molecular formula is C17H20N2O3. The molecule has 0 N–H and O–H groups in total. The van der Waals surface area contributed by atoms with Gasteiger partial charge in [0.05, 0.1) is 0 Å². The number of hydrogen-bond donors (Lipinski definition) is 0.